The minimum atomic E-state index is -1.05. The Kier molecular flexibility index (Phi) is 5.98. The zero-order valence-corrected chi connectivity index (χ0v) is 19.0. The van der Waals surface area contributed by atoms with Gasteiger partial charge in [-0.2, -0.15) is 10.2 Å². The summed E-state index contributed by atoms with van der Waals surface area (Å²) in [7, 11) is 0. The molecular formula is C24H27N5O5. The Labute approximate surface area is 196 Å². The molecule has 0 radical (unpaired) electrons. The summed E-state index contributed by atoms with van der Waals surface area (Å²) in [5.41, 5.74) is 0.597. The second kappa shape index (κ2) is 9.08. The monoisotopic (exact) mass is 465 g/mol. The SMILES string of the molecule is CCCOc1ccc(C2c3c(nc(N4CCC5(CC4)OCCO5)[nH]c3=O)NC(=O)C2C#N)cc1. The summed E-state index contributed by atoms with van der Waals surface area (Å²) in [6, 6.07) is 9.23. The van der Waals surface area contributed by atoms with Crippen LogP contribution in [0.4, 0.5) is 11.8 Å². The van der Waals surface area contributed by atoms with Crippen LogP contribution < -0.4 is 20.5 Å². The Balaban J connectivity index is 1.46. The molecule has 10 heteroatoms. The van der Waals surface area contributed by atoms with Crippen LogP contribution in [-0.4, -0.2) is 54.6 Å². The number of nitrogens with zero attached hydrogens (tertiary/aromatic N) is 3. The van der Waals surface area contributed by atoms with Gasteiger partial charge in [-0.3, -0.25) is 14.6 Å². The van der Waals surface area contributed by atoms with Crippen LogP contribution in [0.2, 0.25) is 0 Å². The first kappa shape index (κ1) is 22.4. The number of carbonyl (C=O) groups excluding carboxylic acids is 1. The molecule has 1 amide bonds. The number of aromatic amines is 1. The van der Waals surface area contributed by atoms with Gasteiger partial charge < -0.3 is 24.4 Å². The standard InChI is InChI=1S/C24H27N5O5/c1-2-11-32-16-5-3-15(4-6-16)18-17(14-25)21(30)26-20-19(18)22(31)28-23(27-20)29-9-7-24(8-10-29)33-12-13-34-24/h3-6,17-18H,2,7-13H2,1H3,(H2,26,27,28,30,31). The number of H-pyrrole nitrogens is 1. The summed E-state index contributed by atoms with van der Waals surface area (Å²) >= 11 is 0. The van der Waals surface area contributed by atoms with Crippen LogP contribution in [0.15, 0.2) is 29.1 Å². The average molecular weight is 466 g/mol. The van der Waals surface area contributed by atoms with Gasteiger partial charge in [-0.05, 0) is 24.1 Å². The summed E-state index contributed by atoms with van der Waals surface area (Å²) in [5.74, 6) is -1.52. The van der Waals surface area contributed by atoms with Gasteiger partial charge >= 0.3 is 0 Å². The number of piperidine rings is 1. The van der Waals surface area contributed by atoms with Crippen LogP contribution in [0.5, 0.6) is 5.75 Å². The number of fused-ring (bicyclic) bond motifs is 1. The summed E-state index contributed by atoms with van der Waals surface area (Å²) in [5, 5.41) is 12.4. The zero-order chi connectivity index (χ0) is 23.7. The number of amides is 1. The Bertz CT molecular complexity index is 1160. The maximum absolute atomic E-state index is 13.3. The second-order valence-corrected chi connectivity index (χ2v) is 8.74. The molecule has 4 heterocycles. The molecule has 1 spiro atoms. The molecular weight excluding hydrogens is 438 g/mol. The van der Waals surface area contributed by atoms with E-state index in [4.69, 9.17) is 14.2 Å². The number of nitriles is 1. The first-order chi connectivity index (χ1) is 16.5. The van der Waals surface area contributed by atoms with Gasteiger partial charge in [0.25, 0.3) is 5.56 Å². The molecule has 2 aromatic rings. The Morgan fingerprint density at radius 1 is 1.21 bits per heavy atom. The van der Waals surface area contributed by atoms with Gasteiger partial charge in [0.2, 0.25) is 11.9 Å². The van der Waals surface area contributed by atoms with E-state index >= 15 is 0 Å². The van der Waals surface area contributed by atoms with Crippen molar-refractivity contribution in [2.75, 3.05) is 43.1 Å². The van der Waals surface area contributed by atoms with Gasteiger partial charge in [-0.1, -0.05) is 19.1 Å². The fraction of sp³-hybridized carbons (Fsp3) is 0.500. The summed E-state index contributed by atoms with van der Waals surface area (Å²) in [6.07, 6.45) is 2.20. The van der Waals surface area contributed by atoms with E-state index < -0.39 is 23.5 Å². The fourth-order valence-electron chi connectivity index (χ4n) is 4.85. The third-order valence-corrected chi connectivity index (χ3v) is 6.60. The van der Waals surface area contributed by atoms with Gasteiger partial charge in [0.05, 0.1) is 31.5 Å². The Morgan fingerprint density at radius 3 is 2.56 bits per heavy atom. The maximum atomic E-state index is 13.3. The molecule has 2 saturated heterocycles. The predicted octanol–water partition coefficient (Wildman–Crippen LogP) is 2.13. The Hall–Kier alpha value is -3.42. The number of carbonyl (C=O) groups is 1. The van der Waals surface area contributed by atoms with Crippen LogP contribution in [-0.2, 0) is 14.3 Å². The van der Waals surface area contributed by atoms with Crippen molar-refractivity contribution in [3.8, 4) is 11.8 Å². The van der Waals surface area contributed by atoms with Gasteiger partial charge in [0, 0.05) is 31.8 Å². The first-order valence-corrected chi connectivity index (χ1v) is 11.6. The normalized spacial score (nSPS) is 23.3. The molecule has 1 aromatic carbocycles. The van der Waals surface area contributed by atoms with Gasteiger partial charge in [-0.25, -0.2) is 0 Å². The molecule has 178 valence electrons. The molecule has 34 heavy (non-hydrogen) atoms. The first-order valence-electron chi connectivity index (χ1n) is 11.6. The molecule has 2 fully saturated rings. The molecule has 3 aliphatic rings. The van der Waals surface area contributed by atoms with Crippen molar-refractivity contribution in [2.24, 2.45) is 5.92 Å². The van der Waals surface area contributed by atoms with E-state index in [1.165, 1.54) is 0 Å². The molecule has 2 atom stereocenters. The number of hydrogen-bond acceptors (Lipinski definition) is 8. The molecule has 3 aliphatic heterocycles. The number of aromatic nitrogens is 2. The van der Waals surface area contributed by atoms with Crippen LogP contribution in [0.25, 0.3) is 0 Å². The van der Waals surface area contributed by atoms with E-state index in [-0.39, 0.29) is 16.9 Å². The molecule has 2 N–H and O–H groups in total. The number of ether oxygens (including phenoxy) is 3. The topological polar surface area (TPSA) is 130 Å². The highest BCUT2D eigenvalue weighted by atomic mass is 16.7. The lowest BCUT2D eigenvalue weighted by Gasteiger charge is -2.38. The van der Waals surface area contributed by atoms with Gasteiger partial charge in [0.1, 0.15) is 17.5 Å². The van der Waals surface area contributed by atoms with Gasteiger partial charge in [-0.15, -0.1) is 0 Å². The minimum Gasteiger partial charge on any atom is -0.494 e. The second-order valence-electron chi connectivity index (χ2n) is 8.74. The van der Waals surface area contributed by atoms with E-state index in [2.05, 4.69) is 21.4 Å². The lowest BCUT2D eigenvalue weighted by molar-refractivity contribution is -0.169. The van der Waals surface area contributed by atoms with Crippen molar-refractivity contribution in [3.63, 3.8) is 0 Å². The lowest BCUT2D eigenvalue weighted by Crippen LogP contribution is -2.46. The van der Waals surface area contributed by atoms with E-state index in [9.17, 15) is 14.9 Å². The smallest absolute Gasteiger partial charge is 0.258 e. The number of benzene rings is 1. The number of anilines is 2. The van der Waals surface area contributed by atoms with Crippen molar-refractivity contribution in [1.82, 2.24) is 9.97 Å². The van der Waals surface area contributed by atoms with Crippen LogP contribution in [0, 0.1) is 17.2 Å². The van der Waals surface area contributed by atoms with Crippen LogP contribution >= 0.6 is 0 Å². The summed E-state index contributed by atoms with van der Waals surface area (Å²) < 4.78 is 17.2. The van der Waals surface area contributed by atoms with Crippen molar-refractivity contribution in [2.45, 2.75) is 37.9 Å². The van der Waals surface area contributed by atoms with Crippen molar-refractivity contribution in [3.05, 3.63) is 45.7 Å². The number of hydrogen-bond donors (Lipinski definition) is 2. The molecule has 0 bridgehead atoms. The molecule has 1 aromatic heterocycles. The van der Waals surface area contributed by atoms with E-state index in [1.807, 2.05) is 11.8 Å². The van der Waals surface area contributed by atoms with Crippen LogP contribution in [0.3, 0.4) is 0 Å². The third kappa shape index (κ3) is 4.02. The van der Waals surface area contributed by atoms with Crippen molar-refractivity contribution < 1.29 is 19.0 Å². The van der Waals surface area contributed by atoms with E-state index in [1.54, 1.807) is 24.3 Å². The third-order valence-electron chi connectivity index (χ3n) is 6.60. The van der Waals surface area contributed by atoms with E-state index in [0.717, 1.165) is 6.42 Å². The highest BCUT2D eigenvalue weighted by Crippen LogP contribution is 2.39. The maximum Gasteiger partial charge on any atom is 0.258 e. The average Bonchev–Trinajstić information content (AvgIpc) is 3.30. The molecule has 0 aliphatic carbocycles. The van der Waals surface area contributed by atoms with Crippen molar-refractivity contribution >= 4 is 17.7 Å². The lowest BCUT2D eigenvalue weighted by atomic mass is 9.79. The van der Waals surface area contributed by atoms with Gasteiger partial charge in [0.15, 0.2) is 5.79 Å². The van der Waals surface area contributed by atoms with Crippen LogP contribution in [0.1, 0.15) is 43.2 Å². The predicted molar refractivity (Wildman–Crippen MR) is 123 cm³/mol. The highest BCUT2D eigenvalue weighted by molar-refractivity contribution is 5.98. The number of nitrogens with one attached hydrogen (secondary N) is 2. The minimum absolute atomic E-state index is 0.195. The van der Waals surface area contributed by atoms with E-state index in [0.29, 0.717) is 63.0 Å². The molecule has 2 unspecified atom stereocenters. The molecule has 0 saturated carbocycles. The molecule has 5 rings (SSSR count). The quantitative estimate of drug-likeness (QED) is 0.687. The highest BCUT2D eigenvalue weighted by Gasteiger charge is 2.42. The molecule has 10 nitrogen and oxygen atoms in total. The summed E-state index contributed by atoms with van der Waals surface area (Å²) in [6.45, 7) is 4.99. The Morgan fingerprint density at radius 2 is 1.91 bits per heavy atom. The number of rotatable bonds is 5. The van der Waals surface area contributed by atoms with Crippen molar-refractivity contribution in [1.29, 1.82) is 5.26 Å². The zero-order valence-electron chi connectivity index (χ0n) is 19.0. The fourth-order valence-corrected chi connectivity index (χ4v) is 4.85. The summed E-state index contributed by atoms with van der Waals surface area (Å²) in [4.78, 5) is 35.5. The largest absolute Gasteiger partial charge is 0.494 e.